The first-order chi connectivity index (χ1) is 13.6. The van der Waals surface area contributed by atoms with Crippen molar-refractivity contribution in [2.75, 3.05) is 37.6 Å². The van der Waals surface area contributed by atoms with Crippen molar-refractivity contribution in [3.8, 4) is 0 Å². The van der Waals surface area contributed by atoms with Gasteiger partial charge in [-0.3, -0.25) is 9.59 Å². The molecule has 0 saturated carbocycles. The Balaban J connectivity index is 1.41. The molecule has 3 heterocycles. The van der Waals surface area contributed by atoms with Crippen LogP contribution in [0.1, 0.15) is 31.2 Å². The summed E-state index contributed by atoms with van der Waals surface area (Å²) in [6.07, 6.45) is 2.54. The number of hydrogen-bond donors (Lipinski definition) is 0. The molecule has 0 spiro atoms. The molecule has 2 aliphatic heterocycles. The molecule has 0 radical (unpaired) electrons. The second-order valence-electron chi connectivity index (χ2n) is 7.34. The third-order valence-electron chi connectivity index (χ3n) is 5.48. The SMILES string of the molecule is CC(=O)N1CCN(C(=O)[C@@H]2CCCN2c2nc(Cc3ccccc3)ns2)CC1. The summed E-state index contributed by atoms with van der Waals surface area (Å²) in [4.78, 5) is 35.1. The molecule has 0 bridgehead atoms. The van der Waals surface area contributed by atoms with Gasteiger partial charge in [0.15, 0.2) is 0 Å². The Labute approximate surface area is 169 Å². The summed E-state index contributed by atoms with van der Waals surface area (Å²) < 4.78 is 4.51. The van der Waals surface area contributed by atoms with E-state index in [0.29, 0.717) is 32.6 Å². The van der Waals surface area contributed by atoms with Gasteiger partial charge >= 0.3 is 0 Å². The predicted octanol–water partition coefficient (Wildman–Crippen LogP) is 1.79. The van der Waals surface area contributed by atoms with Crippen LogP contribution >= 0.6 is 11.5 Å². The van der Waals surface area contributed by atoms with E-state index in [4.69, 9.17) is 4.98 Å². The van der Waals surface area contributed by atoms with Gasteiger partial charge in [0.2, 0.25) is 16.9 Å². The maximum atomic E-state index is 13.1. The first-order valence-corrected chi connectivity index (χ1v) is 10.6. The molecule has 2 fully saturated rings. The molecule has 2 aromatic rings. The summed E-state index contributed by atoms with van der Waals surface area (Å²) in [7, 11) is 0. The van der Waals surface area contributed by atoms with Crippen LogP contribution in [-0.2, 0) is 16.0 Å². The van der Waals surface area contributed by atoms with Crippen molar-refractivity contribution in [2.24, 2.45) is 0 Å². The molecule has 1 aromatic heterocycles. The molecule has 148 valence electrons. The first kappa shape index (κ1) is 18.9. The number of nitrogens with zero attached hydrogens (tertiary/aromatic N) is 5. The van der Waals surface area contributed by atoms with Gasteiger partial charge in [-0.1, -0.05) is 30.3 Å². The van der Waals surface area contributed by atoms with Crippen LogP contribution in [0.2, 0.25) is 0 Å². The second kappa shape index (κ2) is 8.26. The fourth-order valence-corrected chi connectivity index (χ4v) is 4.68. The predicted molar refractivity (Wildman–Crippen MR) is 108 cm³/mol. The molecule has 7 nitrogen and oxygen atoms in total. The summed E-state index contributed by atoms with van der Waals surface area (Å²) in [5, 5.41) is 0.837. The number of carbonyl (C=O) groups is 2. The van der Waals surface area contributed by atoms with E-state index in [0.717, 1.165) is 30.3 Å². The molecule has 1 aromatic carbocycles. The Morgan fingerprint density at radius 2 is 1.79 bits per heavy atom. The van der Waals surface area contributed by atoms with Crippen LogP contribution in [0, 0.1) is 0 Å². The molecule has 2 aliphatic rings. The Kier molecular flexibility index (Phi) is 5.57. The molecule has 0 unspecified atom stereocenters. The van der Waals surface area contributed by atoms with Crippen LogP contribution in [0.15, 0.2) is 30.3 Å². The summed E-state index contributed by atoms with van der Waals surface area (Å²) in [5.41, 5.74) is 1.18. The Hall–Kier alpha value is -2.48. The van der Waals surface area contributed by atoms with Gasteiger partial charge < -0.3 is 14.7 Å². The summed E-state index contributed by atoms with van der Waals surface area (Å²) in [6, 6.07) is 10.0. The van der Waals surface area contributed by atoms with Gasteiger partial charge in [0.25, 0.3) is 0 Å². The highest BCUT2D eigenvalue weighted by Crippen LogP contribution is 2.29. The number of anilines is 1. The highest BCUT2D eigenvalue weighted by atomic mass is 32.1. The Morgan fingerprint density at radius 3 is 2.50 bits per heavy atom. The highest BCUT2D eigenvalue weighted by molar-refractivity contribution is 7.09. The number of carbonyl (C=O) groups excluding carboxylic acids is 2. The maximum absolute atomic E-state index is 13.1. The van der Waals surface area contributed by atoms with Crippen molar-refractivity contribution in [2.45, 2.75) is 32.2 Å². The molecule has 0 N–H and O–H groups in total. The van der Waals surface area contributed by atoms with Crippen molar-refractivity contribution >= 4 is 28.5 Å². The van der Waals surface area contributed by atoms with Gasteiger partial charge in [0.1, 0.15) is 11.9 Å². The zero-order valence-electron chi connectivity index (χ0n) is 16.1. The lowest BCUT2D eigenvalue weighted by atomic mass is 10.1. The van der Waals surface area contributed by atoms with Gasteiger partial charge in [-0.05, 0) is 18.4 Å². The Bertz CT molecular complexity index is 832. The molecular weight excluding hydrogens is 374 g/mol. The molecule has 0 aliphatic carbocycles. The normalized spacial score (nSPS) is 19.9. The number of benzene rings is 1. The minimum absolute atomic E-state index is 0.0781. The molecule has 8 heteroatoms. The monoisotopic (exact) mass is 399 g/mol. The van der Waals surface area contributed by atoms with E-state index in [1.165, 1.54) is 17.1 Å². The smallest absolute Gasteiger partial charge is 0.245 e. The van der Waals surface area contributed by atoms with E-state index >= 15 is 0 Å². The van der Waals surface area contributed by atoms with Gasteiger partial charge in [0.05, 0.1) is 0 Å². The Morgan fingerprint density at radius 1 is 1.07 bits per heavy atom. The van der Waals surface area contributed by atoms with Crippen molar-refractivity contribution in [3.63, 3.8) is 0 Å². The summed E-state index contributed by atoms with van der Waals surface area (Å²) >= 11 is 1.38. The van der Waals surface area contributed by atoms with Crippen molar-refractivity contribution in [1.82, 2.24) is 19.2 Å². The van der Waals surface area contributed by atoms with Gasteiger partial charge in [0, 0.05) is 57.6 Å². The number of piperazine rings is 1. The van der Waals surface area contributed by atoms with Crippen LogP contribution in [0.4, 0.5) is 5.13 Å². The highest BCUT2D eigenvalue weighted by Gasteiger charge is 2.36. The second-order valence-corrected chi connectivity index (χ2v) is 8.07. The molecule has 28 heavy (non-hydrogen) atoms. The molecule has 2 saturated heterocycles. The van der Waals surface area contributed by atoms with E-state index in [1.54, 1.807) is 11.8 Å². The van der Waals surface area contributed by atoms with Gasteiger partial charge in [-0.25, -0.2) is 4.98 Å². The fraction of sp³-hybridized carbons (Fsp3) is 0.500. The largest absolute Gasteiger partial charge is 0.339 e. The van der Waals surface area contributed by atoms with E-state index in [9.17, 15) is 9.59 Å². The van der Waals surface area contributed by atoms with E-state index in [-0.39, 0.29) is 17.9 Å². The third kappa shape index (κ3) is 4.01. The van der Waals surface area contributed by atoms with Gasteiger partial charge in [-0.15, -0.1) is 0 Å². The molecule has 4 rings (SSSR count). The van der Waals surface area contributed by atoms with Crippen LogP contribution in [-0.4, -0.2) is 69.7 Å². The van der Waals surface area contributed by atoms with Crippen LogP contribution in [0.3, 0.4) is 0 Å². The average molecular weight is 400 g/mol. The van der Waals surface area contributed by atoms with Crippen LogP contribution in [0.5, 0.6) is 0 Å². The quantitative estimate of drug-likeness (QED) is 0.784. The van der Waals surface area contributed by atoms with Crippen LogP contribution < -0.4 is 4.90 Å². The number of aromatic nitrogens is 2. The standard InChI is InChI=1S/C20H25N5O2S/c1-15(26)23-10-12-24(13-11-23)19(27)17-8-5-9-25(17)20-21-18(22-28-20)14-16-6-3-2-4-7-16/h2-4,6-7,17H,5,8-14H2,1H3/t17-/m0/s1. The number of rotatable bonds is 4. The zero-order chi connectivity index (χ0) is 19.5. The number of amides is 2. The fourth-order valence-electron chi connectivity index (χ4n) is 3.92. The molecule has 2 amide bonds. The molecule has 1 atom stereocenters. The van der Waals surface area contributed by atoms with Crippen molar-refractivity contribution in [3.05, 3.63) is 41.7 Å². The lowest BCUT2D eigenvalue weighted by molar-refractivity contribution is -0.139. The average Bonchev–Trinajstić information content (AvgIpc) is 3.37. The van der Waals surface area contributed by atoms with Gasteiger partial charge in [-0.2, -0.15) is 4.37 Å². The summed E-state index contributed by atoms with van der Waals surface area (Å²) in [5.74, 6) is 1.04. The van der Waals surface area contributed by atoms with Crippen LogP contribution in [0.25, 0.3) is 0 Å². The van der Waals surface area contributed by atoms with E-state index < -0.39 is 0 Å². The lowest BCUT2D eigenvalue weighted by Gasteiger charge is -2.36. The third-order valence-corrected chi connectivity index (χ3v) is 6.27. The molecular formula is C20H25N5O2S. The maximum Gasteiger partial charge on any atom is 0.245 e. The topological polar surface area (TPSA) is 69.6 Å². The van der Waals surface area contributed by atoms with Crippen molar-refractivity contribution < 1.29 is 9.59 Å². The zero-order valence-corrected chi connectivity index (χ0v) is 16.9. The van der Waals surface area contributed by atoms with E-state index in [2.05, 4.69) is 21.4 Å². The lowest BCUT2D eigenvalue weighted by Crippen LogP contribution is -2.54. The van der Waals surface area contributed by atoms with Crippen molar-refractivity contribution in [1.29, 1.82) is 0 Å². The first-order valence-electron chi connectivity index (χ1n) is 9.79. The van der Waals surface area contributed by atoms with E-state index in [1.807, 2.05) is 23.1 Å². The minimum atomic E-state index is -0.165. The summed E-state index contributed by atoms with van der Waals surface area (Å²) in [6.45, 7) is 4.88. The minimum Gasteiger partial charge on any atom is -0.339 e. The number of hydrogen-bond acceptors (Lipinski definition) is 6.